The predicted octanol–water partition coefficient (Wildman–Crippen LogP) is 2.70. The summed E-state index contributed by atoms with van der Waals surface area (Å²) in [7, 11) is -3.47. The SMILES string of the molecule is Cc1ccc(C(=O)NC(CCC(=O)O)c2ccccc2)cc1NS(C)(=O)=O. The van der Waals surface area contributed by atoms with E-state index in [1.54, 1.807) is 19.1 Å². The minimum Gasteiger partial charge on any atom is -0.481 e. The molecule has 27 heavy (non-hydrogen) atoms. The summed E-state index contributed by atoms with van der Waals surface area (Å²) in [6.45, 7) is 1.73. The van der Waals surface area contributed by atoms with Crippen molar-refractivity contribution in [1.82, 2.24) is 5.32 Å². The molecule has 1 unspecified atom stereocenters. The summed E-state index contributed by atoms with van der Waals surface area (Å²) < 4.78 is 25.3. The van der Waals surface area contributed by atoms with Crippen LogP contribution in [0.4, 0.5) is 5.69 Å². The maximum atomic E-state index is 12.7. The normalized spacial score (nSPS) is 12.2. The molecule has 0 aromatic heterocycles. The summed E-state index contributed by atoms with van der Waals surface area (Å²) in [4.78, 5) is 23.6. The highest BCUT2D eigenvalue weighted by Crippen LogP contribution is 2.21. The quantitative estimate of drug-likeness (QED) is 0.641. The van der Waals surface area contributed by atoms with Crippen LogP contribution in [0.5, 0.6) is 0 Å². The van der Waals surface area contributed by atoms with Crippen molar-refractivity contribution in [3.8, 4) is 0 Å². The van der Waals surface area contributed by atoms with Gasteiger partial charge < -0.3 is 10.4 Å². The van der Waals surface area contributed by atoms with Gasteiger partial charge in [0.05, 0.1) is 18.0 Å². The number of rotatable bonds is 8. The van der Waals surface area contributed by atoms with Gasteiger partial charge in [-0.1, -0.05) is 36.4 Å². The number of carbonyl (C=O) groups excluding carboxylic acids is 1. The lowest BCUT2D eigenvalue weighted by molar-refractivity contribution is -0.137. The third-order valence-electron chi connectivity index (χ3n) is 3.95. The van der Waals surface area contributed by atoms with Gasteiger partial charge in [0.15, 0.2) is 0 Å². The van der Waals surface area contributed by atoms with Gasteiger partial charge in [-0.05, 0) is 36.6 Å². The van der Waals surface area contributed by atoms with Crippen molar-refractivity contribution in [2.24, 2.45) is 0 Å². The summed E-state index contributed by atoms with van der Waals surface area (Å²) in [6.07, 6.45) is 1.19. The van der Waals surface area contributed by atoms with Gasteiger partial charge in [-0.15, -0.1) is 0 Å². The molecule has 0 aliphatic carbocycles. The summed E-state index contributed by atoms with van der Waals surface area (Å²) in [6, 6.07) is 13.3. The molecule has 0 fully saturated rings. The predicted molar refractivity (Wildman–Crippen MR) is 103 cm³/mol. The number of sulfonamides is 1. The van der Waals surface area contributed by atoms with Crippen molar-refractivity contribution in [3.63, 3.8) is 0 Å². The number of hydrogen-bond acceptors (Lipinski definition) is 4. The number of aliphatic carboxylic acids is 1. The molecule has 1 atom stereocenters. The van der Waals surface area contributed by atoms with Crippen molar-refractivity contribution in [1.29, 1.82) is 0 Å². The average molecular weight is 390 g/mol. The van der Waals surface area contributed by atoms with E-state index >= 15 is 0 Å². The van der Waals surface area contributed by atoms with E-state index in [9.17, 15) is 18.0 Å². The number of anilines is 1. The largest absolute Gasteiger partial charge is 0.481 e. The van der Waals surface area contributed by atoms with Crippen molar-refractivity contribution in [2.45, 2.75) is 25.8 Å². The summed E-state index contributed by atoms with van der Waals surface area (Å²) in [5.41, 5.74) is 2.09. The van der Waals surface area contributed by atoms with Gasteiger partial charge in [-0.25, -0.2) is 8.42 Å². The molecule has 0 aliphatic rings. The van der Waals surface area contributed by atoms with E-state index in [0.29, 0.717) is 11.3 Å². The summed E-state index contributed by atoms with van der Waals surface area (Å²) >= 11 is 0. The van der Waals surface area contributed by atoms with Crippen LogP contribution in [0, 0.1) is 6.92 Å². The Kier molecular flexibility index (Phi) is 6.57. The molecule has 0 aliphatic heterocycles. The van der Waals surface area contributed by atoms with E-state index in [4.69, 9.17) is 5.11 Å². The van der Waals surface area contributed by atoms with Crippen LogP contribution >= 0.6 is 0 Å². The molecule has 8 heteroatoms. The highest BCUT2D eigenvalue weighted by atomic mass is 32.2. The first-order valence-electron chi connectivity index (χ1n) is 8.32. The molecule has 0 spiro atoms. The molecule has 2 rings (SSSR count). The number of aryl methyl sites for hydroxylation is 1. The van der Waals surface area contributed by atoms with Crippen LogP contribution in [-0.4, -0.2) is 31.7 Å². The Labute approximate surface area is 158 Å². The van der Waals surface area contributed by atoms with Crippen LogP contribution in [0.25, 0.3) is 0 Å². The molecule has 2 aromatic carbocycles. The topological polar surface area (TPSA) is 113 Å². The van der Waals surface area contributed by atoms with E-state index in [-0.39, 0.29) is 18.4 Å². The lowest BCUT2D eigenvalue weighted by Gasteiger charge is -2.19. The van der Waals surface area contributed by atoms with Crippen LogP contribution in [0.3, 0.4) is 0 Å². The second kappa shape index (κ2) is 8.68. The molecule has 7 nitrogen and oxygen atoms in total. The zero-order valence-electron chi connectivity index (χ0n) is 15.1. The first kappa shape index (κ1) is 20.4. The maximum Gasteiger partial charge on any atom is 0.303 e. The van der Waals surface area contributed by atoms with Gasteiger partial charge in [0, 0.05) is 12.0 Å². The number of benzene rings is 2. The molecule has 3 N–H and O–H groups in total. The summed E-state index contributed by atoms with van der Waals surface area (Å²) in [5.74, 6) is -1.36. The van der Waals surface area contributed by atoms with Gasteiger partial charge in [-0.3, -0.25) is 14.3 Å². The molecule has 0 saturated heterocycles. The van der Waals surface area contributed by atoms with Crippen molar-refractivity contribution < 1.29 is 23.1 Å². The number of carbonyl (C=O) groups is 2. The second-order valence-electron chi connectivity index (χ2n) is 6.27. The molecule has 0 bridgehead atoms. The number of carboxylic acid groups (broad SMARTS) is 1. The Balaban J connectivity index is 2.24. The number of nitrogens with one attached hydrogen (secondary N) is 2. The zero-order valence-corrected chi connectivity index (χ0v) is 15.9. The third-order valence-corrected chi connectivity index (χ3v) is 4.54. The molecule has 0 radical (unpaired) electrons. The Morgan fingerprint density at radius 3 is 2.37 bits per heavy atom. The molecule has 0 saturated carbocycles. The Morgan fingerprint density at radius 2 is 1.78 bits per heavy atom. The van der Waals surface area contributed by atoms with Crippen molar-refractivity contribution in [2.75, 3.05) is 11.0 Å². The number of carboxylic acids is 1. The highest BCUT2D eigenvalue weighted by Gasteiger charge is 2.18. The van der Waals surface area contributed by atoms with Gasteiger partial charge in [0.2, 0.25) is 10.0 Å². The van der Waals surface area contributed by atoms with Gasteiger partial charge in [0.25, 0.3) is 5.91 Å². The molecular weight excluding hydrogens is 368 g/mol. The monoisotopic (exact) mass is 390 g/mol. The van der Waals surface area contributed by atoms with E-state index in [0.717, 1.165) is 11.8 Å². The fraction of sp³-hybridized carbons (Fsp3) is 0.263. The van der Waals surface area contributed by atoms with Crippen LogP contribution in [-0.2, 0) is 14.8 Å². The molecule has 1 amide bonds. The fourth-order valence-electron chi connectivity index (χ4n) is 2.59. The standard InChI is InChI=1S/C19H22N2O5S/c1-13-8-9-15(12-17(13)21-27(2,25)26)19(24)20-16(10-11-18(22)23)14-6-4-3-5-7-14/h3-9,12,16,21H,10-11H2,1-2H3,(H,20,24)(H,22,23). The molecular formula is C19H22N2O5S. The Morgan fingerprint density at radius 1 is 1.11 bits per heavy atom. The van der Waals surface area contributed by atoms with Crippen LogP contribution in [0.1, 0.15) is 40.4 Å². The molecule has 2 aromatic rings. The first-order chi connectivity index (χ1) is 12.7. The van der Waals surface area contributed by atoms with E-state index in [1.165, 1.54) is 6.07 Å². The van der Waals surface area contributed by atoms with Crippen LogP contribution in [0.2, 0.25) is 0 Å². The smallest absolute Gasteiger partial charge is 0.303 e. The number of amides is 1. The lowest BCUT2D eigenvalue weighted by atomic mass is 10.0. The Hall–Kier alpha value is -2.87. The molecule has 0 heterocycles. The van der Waals surface area contributed by atoms with Crippen LogP contribution in [0.15, 0.2) is 48.5 Å². The zero-order chi connectivity index (χ0) is 20.0. The minimum atomic E-state index is -3.47. The van der Waals surface area contributed by atoms with Gasteiger partial charge >= 0.3 is 5.97 Å². The fourth-order valence-corrected chi connectivity index (χ4v) is 3.21. The third kappa shape index (κ3) is 6.41. The summed E-state index contributed by atoms with van der Waals surface area (Å²) in [5, 5.41) is 11.8. The minimum absolute atomic E-state index is 0.0887. The second-order valence-corrected chi connectivity index (χ2v) is 8.02. The van der Waals surface area contributed by atoms with Crippen molar-refractivity contribution >= 4 is 27.6 Å². The number of hydrogen-bond donors (Lipinski definition) is 3. The lowest BCUT2D eigenvalue weighted by Crippen LogP contribution is -2.29. The Bertz CT molecular complexity index is 926. The highest BCUT2D eigenvalue weighted by molar-refractivity contribution is 7.92. The van der Waals surface area contributed by atoms with E-state index in [2.05, 4.69) is 10.0 Å². The van der Waals surface area contributed by atoms with E-state index in [1.807, 2.05) is 30.3 Å². The van der Waals surface area contributed by atoms with Gasteiger partial charge in [-0.2, -0.15) is 0 Å². The van der Waals surface area contributed by atoms with Crippen LogP contribution < -0.4 is 10.0 Å². The first-order valence-corrected chi connectivity index (χ1v) is 10.2. The average Bonchev–Trinajstić information content (AvgIpc) is 2.59. The molecule has 144 valence electrons. The van der Waals surface area contributed by atoms with Gasteiger partial charge in [0.1, 0.15) is 0 Å². The maximum absolute atomic E-state index is 12.7. The van der Waals surface area contributed by atoms with E-state index < -0.39 is 27.9 Å². The van der Waals surface area contributed by atoms with Crippen molar-refractivity contribution in [3.05, 3.63) is 65.2 Å².